The van der Waals surface area contributed by atoms with Crippen molar-refractivity contribution in [3.05, 3.63) is 53.5 Å². The normalized spacial score (nSPS) is 16.3. The fraction of sp³-hybridized carbons (Fsp3) is 0.364. The van der Waals surface area contributed by atoms with Crippen molar-refractivity contribution in [2.75, 3.05) is 13.7 Å². The molecule has 1 atom stereocenters. The van der Waals surface area contributed by atoms with E-state index >= 15 is 0 Å². The number of nitrogens with zero attached hydrogens (tertiary/aromatic N) is 4. The molecule has 8 nitrogen and oxygen atoms in total. The lowest BCUT2D eigenvalue weighted by atomic mass is 10.1. The number of nitrogens with one attached hydrogen (secondary N) is 1. The van der Waals surface area contributed by atoms with Crippen molar-refractivity contribution in [1.29, 1.82) is 0 Å². The van der Waals surface area contributed by atoms with Crippen LogP contribution in [0.2, 0.25) is 0 Å². The van der Waals surface area contributed by atoms with Crippen LogP contribution in [0.4, 0.5) is 0 Å². The van der Waals surface area contributed by atoms with Crippen molar-refractivity contribution in [3.63, 3.8) is 0 Å². The fourth-order valence-electron chi connectivity index (χ4n) is 3.71. The van der Waals surface area contributed by atoms with Crippen molar-refractivity contribution in [2.45, 2.75) is 39.0 Å². The second-order valence-corrected chi connectivity index (χ2v) is 7.27. The smallest absolute Gasteiger partial charge is 0.213 e. The number of aromatic nitrogens is 4. The van der Waals surface area contributed by atoms with Gasteiger partial charge in [0.05, 0.1) is 36.5 Å². The lowest BCUT2D eigenvalue weighted by Crippen LogP contribution is -2.32. The first-order chi connectivity index (χ1) is 14.7. The molecule has 30 heavy (non-hydrogen) atoms. The zero-order valence-corrected chi connectivity index (χ0v) is 17.2. The Morgan fingerprint density at radius 3 is 2.97 bits per heavy atom. The molecule has 8 heteroatoms. The summed E-state index contributed by atoms with van der Waals surface area (Å²) in [5.74, 6) is 0.769. The van der Waals surface area contributed by atoms with Crippen molar-refractivity contribution in [2.24, 2.45) is 0 Å². The number of rotatable bonds is 7. The van der Waals surface area contributed by atoms with E-state index in [0.29, 0.717) is 17.2 Å². The van der Waals surface area contributed by atoms with Gasteiger partial charge in [0.25, 0.3) is 0 Å². The van der Waals surface area contributed by atoms with Gasteiger partial charge in [0.15, 0.2) is 6.29 Å². The number of hydrogen-bond donors (Lipinski definition) is 1. The molecule has 4 heterocycles. The number of carbonyl (C=O) groups excluding carboxylic acids is 1. The van der Waals surface area contributed by atoms with Crippen LogP contribution in [0.15, 0.2) is 36.8 Å². The van der Waals surface area contributed by atoms with Gasteiger partial charge < -0.3 is 9.47 Å². The van der Waals surface area contributed by atoms with Crippen LogP contribution in [0.1, 0.15) is 46.9 Å². The second-order valence-electron chi connectivity index (χ2n) is 7.27. The van der Waals surface area contributed by atoms with Gasteiger partial charge in [-0.2, -0.15) is 5.10 Å². The molecular formula is C22H25N5O3. The van der Waals surface area contributed by atoms with E-state index in [-0.39, 0.29) is 12.8 Å². The molecule has 0 aliphatic carbocycles. The summed E-state index contributed by atoms with van der Waals surface area (Å²) in [4.78, 5) is 20.2. The van der Waals surface area contributed by atoms with E-state index in [1.807, 2.05) is 29.9 Å². The highest BCUT2D eigenvalue weighted by atomic mass is 16.5. The molecule has 0 bridgehead atoms. The number of aryl methyl sites for hydroxylation is 1. The summed E-state index contributed by atoms with van der Waals surface area (Å²) in [6, 6.07) is 5.41. The molecule has 156 valence electrons. The largest absolute Gasteiger partial charge is 0.486 e. The van der Waals surface area contributed by atoms with Gasteiger partial charge in [-0.1, -0.05) is 6.07 Å². The minimum absolute atomic E-state index is 0.158. The molecule has 0 radical (unpaired) electrons. The third-order valence-electron chi connectivity index (χ3n) is 5.27. The molecule has 4 rings (SSSR count). The Kier molecular flexibility index (Phi) is 6.04. The van der Waals surface area contributed by atoms with Crippen LogP contribution in [0.3, 0.4) is 0 Å². The maximum atomic E-state index is 11.4. The van der Waals surface area contributed by atoms with Crippen molar-refractivity contribution in [3.8, 4) is 23.0 Å². The quantitative estimate of drug-likeness (QED) is 0.601. The molecule has 3 aromatic rings. The summed E-state index contributed by atoms with van der Waals surface area (Å²) >= 11 is 0. The van der Waals surface area contributed by atoms with Gasteiger partial charge in [0, 0.05) is 17.8 Å². The highest BCUT2D eigenvalue weighted by molar-refractivity contribution is 5.79. The summed E-state index contributed by atoms with van der Waals surface area (Å²) in [6.07, 6.45) is 9.44. The minimum Gasteiger partial charge on any atom is -0.486 e. The van der Waals surface area contributed by atoms with E-state index in [1.54, 1.807) is 12.3 Å². The number of piperidine rings is 1. The lowest BCUT2D eigenvalue weighted by molar-refractivity contribution is 0.111. The number of carbonyl (C=O) groups is 1. The van der Waals surface area contributed by atoms with E-state index < -0.39 is 0 Å². The Labute approximate surface area is 175 Å². The number of methoxy groups -OCH3 is 1. The average molecular weight is 407 g/mol. The monoisotopic (exact) mass is 407 g/mol. The number of hydrogen-bond acceptors (Lipinski definition) is 7. The van der Waals surface area contributed by atoms with Gasteiger partial charge in [-0.15, -0.1) is 0 Å². The van der Waals surface area contributed by atoms with Gasteiger partial charge in [-0.3, -0.25) is 15.1 Å². The lowest BCUT2D eigenvalue weighted by Gasteiger charge is -2.26. The van der Waals surface area contributed by atoms with Crippen LogP contribution < -0.4 is 14.8 Å². The van der Waals surface area contributed by atoms with Crippen molar-refractivity contribution in [1.82, 2.24) is 25.1 Å². The molecule has 1 saturated heterocycles. The third kappa shape index (κ3) is 4.04. The van der Waals surface area contributed by atoms with Crippen LogP contribution in [-0.4, -0.2) is 39.7 Å². The van der Waals surface area contributed by atoms with Crippen LogP contribution in [0, 0.1) is 6.92 Å². The summed E-state index contributed by atoms with van der Waals surface area (Å²) in [5, 5.41) is 8.17. The Hall–Kier alpha value is -3.26. The molecule has 0 aromatic carbocycles. The van der Waals surface area contributed by atoms with E-state index in [1.165, 1.54) is 26.1 Å². The predicted octanol–water partition coefficient (Wildman–Crippen LogP) is 3.32. The molecule has 0 saturated carbocycles. The number of pyridine rings is 2. The molecule has 1 unspecified atom stereocenters. The molecule has 3 aromatic heterocycles. The first kappa shape index (κ1) is 20.0. The minimum atomic E-state index is 0.158. The summed E-state index contributed by atoms with van der Waals surface area (Å²) in [5.41, 5.74) is 4.17. The molecule has 1 N–H and O–H groups in total. The fourth-order valence-corrected chi connectivity index (χ4v) is 3.71. The molecule has 0 amide bonds. The van der Waals surface area contributed by atoms with Crippen molar-refractivity contribution < 1.29 is 14.3 Å². The van der Waals surface area contributed by atoms with Crippen LogP contribution in [-0.2, 0) is 6.61 Å². The topological polar surface area (TPSA) is 91.2 Å². The van der Waals surface area contributed by atoms with Crippen LogP contribution in [0.5, 0.6) is 11.6 Å². The van der Waals surface area contributed by atoms with Gasteiger partial charge in [-0.05, 0) is 44.4 Å². The maximum Gasteiger partial charge on any atom is 0.213 e. The van der Waals surface area contributed by atoms with Crippen LogP contribution in [0.25, 0.3) is 11.4 Å². The Morgan fingerprint density at radius 1 is 1.30 bits per heavy atom. The van der Waals surface area contributed by atoms with E-state index in [9.17, 15) is 4.79 Å². The van der Waals surface area contributed by atoms with Gasteiger partial charge in [0.2, 0.25) is 5.88 Å². The molecular weight excluding hydrogens is 382 g/mol. The van der Waals surface area contributed by atoms with E-state index in [0.717, 1.165) is 41.8 Å². The zero-order valence-electron chi connectivity index (χ0n) is 17.2. The number of ether oxygens (including phenoxy) is 2. The second kappa shape index (κ2) is 9.04. The Morgan fingerprint density at radius 2 is 2.20 bits per heavy atom. The van der Waals surface area contributed by atoms with Gasteiger partial charge in [-0.25, -0.2) is 9.67 Å². The highest BCUT2D eigenvalue weighted by Crippen LogP contribution is 2.30. The third-order valence-corrected chi connectivity index (χ3v) is 5.27. The predicted molar refractivity (Wildman–Crippen MR) is 112 cm³/mol. The van der Waals surface area contributed by atoms with Crippen molar-refractivity contribution >= 4 is 6.29 Å². The molecule has 0 spiro atoms. The summed E-state index contributed by atoms with van der Waals surface area (Å²) < 4.78 is 13.1. The van der Waals surface area contributed by atoms with Crippen LogP contribution >= 0.6 is 0 Å². The number of aldehydes is 1. The zero-order chi connectivity index (χ0) is 20.9. The van der Waals surface area contributed by atoms with Gasteiger partial charge in [0.1, 0.15) is 18.5 Å². The summed E-state index contributed by atoms with van der Waals surface area (Å²) in [7, 11) is 1.51. The maximum absolute atomic E-state index is 11.4. The Balaban J connectivity index is 1.63. The van der Waals surface area contributed by atoms with Gasteiger partial charge >= 0.3 is 0 Å². The van der Waals surface area contributed by atoms with E-state index in [4.69, 9.17) is 9.47 Å². The molecule has 1 aliphatic rings. The highest BCUT2D eigenvalue weighted by Gasteiger charge is 2.22. The Bertz CT molecular complexity index is 1030. The SMILES string of the molecule is COc1cc(C=O)c(OCc2cccnc2-c2c(C)cnn2C2CCCCN2)cn1. The molecule has 1 aliphatic heterocycles. The first-order valence-corrected chi connectivity index (χ1v) is 10.0. The average Bonchev–Trinajstić information content (AvgIpc) is 3.19. The summed E-state index contributed by atoms with van der Waals surface area (Å²) in [6.45, 7) is 3.28. The standard InChI is InChI=1S/C22H25N5O3/c1-15-11-26-27(19-7-3-4-8-23-19)22(15)21-16(6-5-9-24-21)14-30-18-12-25-20(29-2)10-17(18)13-28/h5-6,9-13,19,23H,3-4,7-8,14H2,1-2H3. The van der Waals surface area contributed by atoms with E-state index in [2.05, 4.69) is 20.4 Å². The molecule has 1 fully saturated rings. The first-order valence-electron chi connectivity index (χ1n) is 10.0.